The fourth-order valence-corrected chi connectivity index (χ4v) is 3.41. The second-order valence-electron chi connectivity index (χ2n) is 4.27. The summed E-state index contributed by atoms with van der Waals surface area (Å²) in [6, 6.07) is 0.280. The van der Waals surface area contributed by atoms with Gasteiger partial charge in [-0.15, -0.1) is 0 Å². The molecule has 0 fully saturated rings. The fraction of sp³-hybridized carbons (Fsp3) is 0.545. The van der Waals surface area contributed by atoms with Gasteiger partial charge in [-0.25, -0.2) is 4.98 Å². The van der Waals surface area contributed by atoms with Crippen molar-refractivity contribution >= 4 is 29.0 Å². The van der Waals surface area contributed by atoms with E-state index >= 15 is 0 Å². The zero-order chi connectivity index (χ0) is 13.3. The van der Waals surface area contributed by atoms with Gasteiger partial charge in [-0.05, 0) is 44.1 Å². The van der Waals surface area contributed by atoms with Gasteiger partial charge in [-0.2, -0.15) is 9.47 Å². The highest BCUT2D eigenvalue weighted by Crippen LogP contribution is 2.36. The van der Waals surface area contributed by atoms with Gasteiger partial charge in [0.2, 0.25) is 0 Å². The third-order valence-corrected chi connectivity index (χ3v) is 4.41. The summed E-state index contributed by atoms with van der Waals surface area (Å²) in [6.07, 6.45) is 0.856. The van der Waals surface area contributed by atoms with Gasteiger partial charge >= 0.3 is 0 Å². The number of aromatic nitrogens is 4. The number of nitrogen functional groups attached to an aromatic ring is 1. The Morgan fingerprint density at radius 1 is 1.44 bits per heavy atom. The Bertz CT molecular complexity index is 544. The smallest absolute Gasteiger partial charge is 0.176 e. The van der Waals surface area contributed by atoms with Crippen molar-refractivity contribution in [3.63, 3.8) is 0 Å². The molecule has 2 aromatic rings. The van der Waals surface area contributed by atoms with E-state index < -0.39 is 0 Å². The van der Waals surface area contributed by atoms with E-state index in [1.54, 1.807) is 11.8 Å². The normalized spacial score (nSPS) is 11.4. The van der Waals surface area contributed by atoms with Crippen molar-refractivity contribution in [3.05, 3.63) is 11.5 Å². The molecular formula is C11H17N5S2. The lowest BCUT2D eigenvalue weighted by atomic mass is 10.4. The molecule has 7 heteroatoms. The van der Waals surface area contributed by atoms with E-state index in [0.29, 0.717) is 0 Å². The lowest BCUT2D eigenvalue weighted by Crippen LogP contribution is -2.04. The van der Waals surface area contributed by atoms with Crippen LogP contribution in [0, 0.1) is 6.92 Å². The van der Waals surface area contributed by atoms with Crippen molar-refractivity contribution in [1.29, 1.82) is 0 Å². The van der Waals surface area contributed by atoms with Crippen LogP contribution in [-0.2, 0) is 6.42 Å². The molecule has 0 spiro atoms. The van der Waals surface area contributed by atoms with Crippen LogP contribution in [0.2, 0.25) is 0 Å². The molecule has 0 bridgehead atoms. The van der Waals surface area contributed by atoms with Gasteiger partial charge in [-0.3, -0.25) is 4.68 Å². The quantitative estimate of drug-likeness (QED) is 0.934. The van der Waals surface area contributed by atoms with E-state index in [1.807, 2.05) is 18.5 Å². The van der Waals surface area contributed by atoms with Crippen LogP contribution in [0.1, 0.15) is 38.3 Å². The van der Waals surface area contributed by atoms with Crippen LogP contribution < -0.4 is 5.73 Å². The minimum atomic E-state index is 0.280. The molecule has 0 saturated carbocycles. The average Bonchev–Trinajstić information content (AvgIpc) is 2.89. The summed E-state index contributed by atoms with van der Waals surface area (Å²) in [6.45, 7) is 8.16. The third kappa shape index (κ3) is 2.51. The molecule has 0 aliphatic heterocycles. The van der Waals surface area contributed by atoms with Crippen LogP contribution in [0.5, 0.6) is 0 Å². The lowest BCUT2D eigenvalue weighted by molar-refractivity contribution is 0.491. The summed E-state index contributed by atoms with van der Waals surface area (Å²) < 4.78 is 7.14. The van der Waals surface area contributed by atoms with E-state index in [0.717, 1.165) is 33.0 Å². The molecule has 98 valence electrons. The van der Waals surface area contributed by atoms with Crippen molar-refractivity contribution < 1.29 is 0 Å². The summed E-state index contributed by atoms with van der Waals surface area (Å²) >= 11 is 2.96. The molecule has 0 aromatic carbocycles. The van der Waals surface area contributed by atoms with Crippen molar-refractivity contribution in [2.75, 3.05) is 5.73 Å². The van der Waals surface area contributed by atoms with Gasteiger partial charge in [0.05, 0.1) is 11.4 Å². The predicted molar refractivity (Wildman–Crippen MR) is 75.2 cm³/mol. The first-order chi connectivity index (χ1) is 8.52. The second-order valence-corrected chi connectivity index (χ2v) is 6.26. The van der Waals surface area contributed by atoms with E-state index in [4.69, 9.17) is 5.73 Å². The monoisotopic (exact) mass is 283 g/mol. The summed E-state index contributed by atoms with van der Waals surface area (Å²) in [4.78, 5) is 4.45. The van der Waals surface area contributed by atoms with Crippen molar-refractivity contribution in [1.82, 2.24) is 19.1 Å². The SMILES string of the molecule is CCc1nsc(Sc2c(N)c(C)nn2C(C)C)n1. The van der Waals surface area contributed by atoms with E-state index in [-0.39, 0.29) is 6.04 Å². The molecular weight excluding hydrogens is 266 g/mol. The highest BCUT2D eigenvalue weighted by molar-refractivity contribution is 8.01. The number of anilines is 1. The minimum Gasteiger partial charge on any atom is -0.395 e. The molecule has 0 amide bonds. The fourth-order valence-electron chi connectivity index (χ4n) is 1.50. The molecule has 5 nitrogen and oxygen atoms in total. The summed E-state index contributed by atoms with van der Waals surface area (Å²) in [5.41, 5.74) is 7.69. The van der Waals surface area contributed by atoms with Crippen LogP contribution in [0.4, 0.5) is 5.69 Å². The van der Waals surface area contributed by atoms with Gasteiger partial charge in [0.1, 0.15) is 10.9 Å². The largest absolute Gasteiger partial charge is 0.395 e. The molecule has 0 unspecified atom stereocenters. The molecule has 0 atom stereocenters. The maximum atomic E-state index is 6.08. The highest BCUT2D eigenvalue weighted by Gasteiger charge is 2.17. The zero-order valence-electron chi connectivity index (χ0n) is 11.0. The number of hydrogen-bond donors (Lipinski definition) is 1. The first kappa shape index (κ1) is 13.4. The topological polar surface area (TPSA) is 69.6 Å². The molecule has 2 N–H and O–H groups in total. The number of hydrogen-bond acceptors (Lipinski definition) is 6. The molecule has 2 heterocycles. The molecule has 0 radical (unpaired) electrons. The van der Waals surface area contributed by atoms with Gasteiger partial charge in [0.25, 0.3) is 0 Å². The molecule has 2 aromatic heterocycles. The Morgan fingerprint density at radius 2 is 2.17 bits per heavy atom. The van der Waals surface area contributed by atoms with Crippen molar-refractivity contribution in [2.45, 2.75) is 49.5 Å². The van der Waals surface area contributed by atoms with Crippen LogP contribution in [-0.4, -0.2) is 19.1 Å². The Kier molecular flexibility index (Phi) is 3.91. The van der Waals surface area contributed by atoms with E-state index in [2.05, 4.69) is 28.3 Å². The summed E-state index contributed by atoms with van der Waals surface area (Å²) in [5.74, 6) is 0.883. The third-order valence-electron chi connectivity index (χ3n) is 2.52. The maximum Gasteiger partial charge on any atom is 0.176 e. The Labute approximate surface area is 115 Å². The van der Waals surface area contributed by atoms with Crippen LogP contribution in [0.15, 0.2) is 9.37 Å². The zero-order valence-corrected chi connectivity index (χ0v) is 12.6. The molecule has 0 saturated heterocycles. The summed E-state index contributed by atoms with van der Waals surface area (Å²) in [7, 11) is 0. The number of nitrogens with zero attached hydrogens (tertiary/aromatic N) is 4. The van der Waals surface area contributed by atoms with Crippen molar-refractivity contribution in [2.24, 2.45) is 0 Å². The Balaban J connectivity index is 2.33. The van der Waals surface area contributed by atoms with E-state index in [9.17, 15) is 0 Å². The highest BCUT2D eigenvalue weighted by atomic mass is 32.2. The van der Waals surface area contributed by atoms with Gasteiger partial charge in [-0.1, -0.05) is 6.92 Å². The van der Waals surface area contributed by atoms with Crippen LogP contribution in [0.3, 0.4) is 0 Å². The molecule has 0 aliphatic rings. The molecule has 0 aliphatic carbocycles. The minimum absolute atomic E-state index is 0.280. The molecule has 2 rings (SSSR count). The second kappa shape index (κ2) is 5.27. The summed E-state index contributed by atoms with van der Waals surface area (Å²) in [5, 5.41) is 5.42. The number of aryl methyl sites for hydroxylation is 2. The number of rotatable bonds is 4. The Morgan fingerprint density at radius 3 is 2.72 bits per heavy atom. The van der Waals surface area contributed by atoms with Gasteiger partial charge in [0.15, 0.2) is 4.34 Å². The molecule has 18 heavy (non-hydrogen) atoms. The van der Waals surface area contributed by atoms with Gasteiger partial charge in [0, 0.05) is 12.5 Å². The Hall–Kier alpha value is -1.08. The van der Waals surface area contributed by atoms with Crippen LogP contribution in [0.25, 0.3) is 0 Å². The predicted octanol–water partition coefficient (Wildman–Crippen LogP) is 2.92. The van der Waals surface area contributed by atoms with Crippen molar-refractivity contribution in [3.8, 4) is 0 Å². The van der Waals surface area contributed by atoms with E-state index in [1.165, 1.54) is 11.5 Å². The maximum absolute atomic E-state index is 6.08. The lowest BCUT2D eigenvalue weighted by Gasteiger charge is -2.09. The van der Waals surface area contributed by atoms with Crippen LogP contribution >= 0.6 is 23.3 Å². The first-order valence-electron chi connectivity index (χ1n) is 5.88. The first-order valence-corrected chi connectivity index (χ1v) is 7.47. The van der Waals surface area contributed by atoms with Gasteiger partial charge < -0.3 is 5.73 Å². The average molecular weight is 283 g/mol. The number of nitrogens with two attached hydrogens (primary N) is 1. The standard InChI is InChI=1S/C11H17N5S2/c1-5-8-13-11(18-15-8)17-10-9(12)7(4)14-16(10)6(2)3/h6H,5,12H2,1-4H3.